The van der Waals surface area contributed by atoms with Crippen LogP contribution in [0.25, 0.3) is 0 Å². The number of hydrogen-bond acceptors (Lipinski definition) is 4. The van der Waals surface area contributed by atoms with E-state index < -0.39 is 6.10 Å². The van der Waals surface area contributed by atoms with Crippen LogP contribution in [0.15, 0.2) is 24.3 Å². The summed E-state index contributed by atoms with van der Waals surface area (Å²) in [4.78, 5) is 22.8. The Bertz CT molecular complexity index is 518. The number of amides is 2. The summed E-state index contributed by atoms with van der Waals surface area (Å²) in [5.74, 6) is 0.948. The Morgan fingerprint density at radius 3 is 2.38 bits per heavy atom. The Balaban J connectivity index is 1.82. The smallest absolute Gasteiger partial charge is 0.265 e. The summed E-state index contributed by atoms with van der Waals surface area (Å²) >= 11 is 0. The molecule has 0 fully saturated rings. The Morgan fingerprint density at radius 2 is 1.71 bits per heavy atom. The fraction of sp³-hybridized carbons (Fsp3) is 0.467. The molecule has 1 aliphatic heterocycles. The van der Waals surface area contributed by atoms with E-state index in [1.54, 1.807) is 13.0 Å². The van der Waals surface area contributed by atoms with Crippen LogP contribution < -0.4 is 20.1 Å². The molecule has 6 heteroatoms. The van der Waals surface area contributed by atoms with Crippen LogP contribution in [0.1, 0.15) is 20.3 Å². The van der Waals surface area contributed by atoms with Crippen LogP contribution >= 0.6 is 0 Å². The van der Waals surface area contributed by atoms with Gasteiger partial charge in [0, 0.05) is 20.0 Å². The summed E-state index contributed by atoms with van der Waals surface area (Å²) < 4.78 is 11.4. The van der Waals surface area contributed by atoms with Gasteiger partial charge in [-0.05, 0) is 25.5 Å². The van der Waals surface area contributed by atoms with Crippen LogP contribution in [0.4, 0.5) is 0 Å². The third kappa shape index (κ3) is 4.11. The van der Waals surface area contributed by atoms with Crippen LogP contribution in [0.3, 0.4) is 0 Å². The maximum atomic E-state index is 12.1. The first-order chi connectivity index (χ1) is 10.1. The second-order valence-electron chi connectivity index (χ2n) is 4.94. The van der Waals surface area contributed by atoms with E-state index >= 15 is 0 Å². The molecule has 2 rings (SSSR count). The molecule has 1 aromatic rings. The molecule has 1 heterocycles. The molecule has 6 nitrogen and oxygen atoms in total. The van der Waals surface area contributed by atoms with Crippen LogP contribution in [0.5, 0.6) is 11.5 Å². The van der Waals surface area contributed by atoms with Gasteiger partial charge in [0.25, 0.3) is 5.91 Å². The van der Waals surface area contributed by atoms with Gasteiger partial charge >= 0.3 is 0 Å². The van der Waals surface area contributed by atoms with Crippen LogP contribution in [0.2, 0.25) is 0 Å². The van der Waals surface area contributed by atoms with Crippen molar-refractivity contribution >= 4 is 11.8 Å². The third-order valence-electron chi connectivity index (χ3n) is 3.13. The van der Waals surface area contributed by atoms with E-state index in [4.69, 9.17) is 9.47 Å². The lowest BCUT2D eigenvalue weighted by Crippen LogP contribution is -2.49. The molecule has 1 aromatic carbocycles. The molecular formula is C15H20N2O4. The molecule has 0 bridgehead atoms. The van der Waals surface area contributed by atoms with E-state index in [2.05, 4.69) is 10.6 Å². The lowest BCUT2D eigenvalue weighted by Gasteiger charge is -2.31. The van der Waals surface area contributed by atoms with Crippen molar-refractivity contribution in [1.82, 2.24) is 10.6 Å². The number of ether oxygens (including phenoxy) is 2. The highest BCUT2D eigenvalue weighted by Crippen LogP contribution is 2.33. The summed E-state index contributed by atoms with van der Waals surface area (Å²) in [6.45, 7) is 4.28. The van der Waals surface area contributed by atoms with Gasteiger partial charge < -0.3 is 20.1 Å². The maximum Gasteiger partial charge on any atom is 0.265 e. The number of hydrogen-bond donors (Lipinski definition) is 2. The molecule has 0 aliphatic carbocycles. The first-order valence-electron chi connectivity index (χ1n) is 7.02. The van der Waals surface area contributed by atoms with Crippen molar-refractivity contribution < 1.29 is 19.1 Å². The Morgan fingerprint density at radius 1 is 1.10 bits per heavy atom. The van der Waals surface area contributed by atoms with E-state index in [0.29, 0.717) is 31.0 Å². The van der Waals surface area contributed by atoms with Gasteiger partial charge in [-0.2, -0.15) is 0 Å². The van der Waals surface area contributed by atoms with Crippen molar-refractivity contribution in [2.75, 3.05) is 13.1 Å². The first kappa shape index (κ1) is 15.2. The van der Waals surface area contributed by atoms with Crippen LogP contribution in [0, 0.1) is 0 Å². The molecule has 0 radical (unpaired) electrons. The summed E-state index contributed by atoms with van der Waals surface area (Å²) in [6, 6.07) is 7.28. The van der Waals surface area contributed by atoms with Crippen molar-refractivity contribution in [3.05, 3.63) is 24.3 Å². The molecule has 0 saturated heterocycles. The standard InChI is InChI=1S/C15H20N2O4/c1-10-14(15(19)17-9-5-8-16-11(2)18)21-13-7-4-3-6-12(13)20-10/h3-4,6-7,10,14H,5,8-9H2,1-2H3,(H,16,18)(H,17,19)/t10-,14+/m0/s1. The lowest BCUT2D eigenvalue weighted by molar-refractivity contribution is -0.133. The molecule has 2 amide bonds. The molecule has 0 spiro atoms. The van der Waals surface area contributed by atoms with Gasteiger partial charge in [-0.15, -0.1) is 0 Å². The van der Waals surface area contributed by atoms with Crippen molar-refractivity contribution in [3.8, 4) is 11.5 Å². The zero-order valence-electron chi connectivity index (χ0n) is 12.2. The highest BCUT2D eigenvalue weighted by molar-refractivity contribution is 5.82. The number of para-hydroxylation sites is 2. The number of rotatable bonds is 5. The number of carbonyl (C=O) groups excluding carboxylic acids is 2. The van der Waals surface area contributed by atoms with Crippen molar-refractivity contribution in [2.24, 2.45) is 0 Å². The maximum absolute atomic E-state index is 12.1. The fourth-order valence-corrected chi connectivity index (χ4v) is 2.07. The van der Waals surface area contributed by atoms with Crippen molar-refractivity contribution in [3.63, 3.8) is 0 Å². The second-order valence-corrected chi connectivity index (χ2v) is 4.94. The third-order valence-corrected chi connectivity index (χ3v) is 3.13. The molecule has 2 N–H and O–H groups in total. The minimum atomic E-state index is -0.666. The van der Waals surface area contributed by atoms with Gasteiger partial charge in [-0.1, -0.05) is 12.1 Å². The predicted molar refractivity (Wildman–Crippen MR) is 77.3 cm³/mol. The normalized spacial score (nSPS) is 19.7. The highest BCUT2D eigenvalue weighted by Gasteiger charge is 2.33. The molecule has 0 aromatic heterocycles. The second kappa shape index (κ2) is 6.97. The summed E-state index contributed by atoms with van der Waals surface area (Å²) in [5.41, 5.74) is 0. The Kier molecular flexibility index (Phi) is 5.03. The van der Waals surface area contributed by atoms with Crippen LogP contribution in [-0.2, 0) is 9.59 Å². The summed E-state index contributed by atoms with van der Waals surface area (Å²) in [5, 5.41) is 5.47. The van der Waals surface area contributed by atoms with E-state index in [-0.39, 0.29) is 17.9 Å². The van der Waals surface area contributed by atoms with E-state index in [1.165, 1.54) is 6.92 Å². The summed E-state index contributed by atoms with van der Waals surface area (Å²) in [6.07, 6.45) is -0.347. The summed E-state index contributed by atoms with van der Waals surface area (Å²) in [7, 11) is 0. The Hall–Kier alpha value is -2.24. The number of carbonyl (C=O) groups is 2. The average Bonchev–Trinajstić information content (AvgIpc) is 2.45. The average molecular weight is 292 g/mol. The van der Waals surface area contributed by atoms with Crippen LogP contribution in [-0.4, -0.2) is 37.1 Å². The number of nitrogens with one attached hydrogen (secondary N) is 2. The van der Waals surface area contributed by atoms with Gasteiger partial charge in [0.15, 0.2) is 11.5 Å². The van der Waals surface area contributed by atoms with Gasteiger partial charge in [-0.3, -0.25) is 9.59 Å². The highest BCUT2D eigenvalue weighted by atomic mass is 16.6. The number of fused-ring (bicyclic) bond motifs is 1. The van der Waals surface area contributed by atoms with Gasteiger partial charge in [0.1, 0.15) is 6.10 Å². The molecule has 2 atom stereocenters. The van der Waals surface area contributed by atoms with Gasteiger partial charge in [0.2, 0.25) is 12.0 Å². The minimum Gasteiger partial charge on any atom is -0.482 e. The van der Waals surface area contributed by atoms with Crippen molar-refractivity contribution in [1.29, 1.82) is 0 Å². The Labute approximate surface area is 123 Å². The fourth-order valence-electron chi connectivity index (χ4n) is 2.07. The monoisotopic (exact) mass is 292 g/mol. The molecular weight excluding hydrogens is 272 g/mol. The molecule has 21 heavy (non-hydrogen) atoms. The minimum absolute atomic E-state index is 0.0735. The lowest BCUT2D eigenvalue weighted by atomic mass is 10.1. The van der Waals surface area contributed by atoms with E-state index in [0.717, 1.165) is 0 Å². The molecule has 0 unspecified atom stereocenters. The number of benzene rings is 1. The van der Waals surface area contributed by atoms with E-state index in [1.807, 2.05) is 18.2 Å². The SMILES string of the molecule is CC(=O)NCCCNC(=O)[C@@H]1Oc2ccccc2O[C@H]1C. The molecule has 0 saturated carbocycles. The zero-order valence-corrected chi connectivity index (χ0v) is 12.2. The van der Waals surface area contributed by atoms with Gasteiger partial charge in [0.05, 0.1) is 0 Å². The van der Waals surface area contributed by atoms with Crippen molar-refractivity contribution in [2.45, 2.75) is 32.5 Å². The predicted octanol–water partition coefficient (Wildman–Crippen LogP) is 0.857. The quantitative estimate of drug-likeness (QED) is 0.789. The largest absolute Gasteiger partial charge is 0.482 e. The van der Waals surface area contributed by atoms with Gasteiger partial charge in [-0.25, -0.2) is 0 Å². The van der Waals surface area contributed by atoms with E-state index in [9.17, 15) is 9.59 Å². The molecule has 1 aliphatic rings. The zero-order chi connectivity index (χ0) is 15.2. The topological polar surface area (TPSA) is 76.7 Å². The first-order valence-corrected chi connectivity index (χ1v) is 7.02. The molecule has 114 valence electrons.